The van der Waals surface area contributed by atoms with Crippen LogP contribution in [0.3, 0.4) is 0 Å². The second kappa shape index (κ2) is 6.39. The molecule has 1 aromatic heterocycles. The number of aromatic amines is 1. The van der Waals surface area contributed by atoms with Gasteiger partial charge < -0.3 is 14.8 Å². The first-order chi connectivity index (χ1) is 10.0. The number of benzene rings is 1. The van der Waals surface area contributed by atoms with Crippen LogP contribution in [0.2, 0.25) is 0 Å². The molecule has 6 heteroatoms. The Kier molecular flexibility index (Phi) is 4.57. The number of halogens is 1. The Labute approximate surface area is 120 Å². The topological polar surface area (TPSA) is 79.4 Å². The fraction of sp³-hybridized carbons (Fsp3) is 0.333. The average molecular weight is 293 g/mol. The van der Waals surface area contributed by atoms with Crippen molar-refractivity contribution in [3.05, 3.63) is 35.3 Å². The molecular weight excluding hydrogens is 277 g/mol. The number of hydrogen-bond acceptors (Lipinski definition) is 3. The van der Waals surface area contributed by atoms with E-state index in [4.69, 9.17) is 9.84 Å². The van der Waals surface area contributed by atoms with Crippen LogP contribution in [0.1, 0.15) is 35.8 Å². The Morgan fingerprint density at radius 1 is 1.38 bits per heavy atom. The maximum absolute atomic E-state index is 13.4. The first-order valence-electron chi connectivity index (χ1n) is 6.72. The van der Waals surface area contributed by atoms with Gasteiger partial charge in [0.2, 0.25) is 0 Å². The van der Waals surface area contributed by atoms with Crippen molar-refractivity contribution >= 4 is 22.8 Å². The molecule has 0 aliphatic rings. The number of esters is 1. The van der Waals surface area contributed by atoms with Gasteiger partial charge in [-0.3, -0.25) is 4.79 Å². The molecule has 0 bridgehead atoms. The number of aromatic nitrogens is 1. The second-order valence-electron chi connectivity index (χ2n) is 4.64. The number of H-pyrrole nitrogens is 1. The molecule has 21 heavy (non-hydrogen) atoms. The molecular formula is C15H16FNO4. The average Bonchev–Trinajstić information content (AvgIpc) is 2.77. The van der Waals surface area contributed by atoms with E-state index in [0.29, 0.717) is 29.3 Å². The van der Waals surface area contributed by atoms with Gasteiger partial charge in [0.05, 0.1) is 6.61 Å². The Morgan fingerprint density at radius 2 is 2.14 bits per heavy atom. The van der Waals surface area contributed by atoms with Crippen LogP contribution in [-0.2, 0) is 16.0 Å². The van der Waals surface area contributed by atoms with E-state index in [1.165, 1.54) is 12.1 Å². The van der Waals surface area contributed by atoms with Gasteiger partial charge in [-0.15, -0.1) is 0 Å². The minimum absolute atomic E-state index is 0.00967. The third-order valence-electron chi connectivity index (χ3n) is 3.17. The minimum atomic E-state index is -0.904. The quantitative estimate of drug-likeness (QED) is 0.803. The second-order valence-corrected chi connectivity index (χ2v) is 4.64. The summed E-state index contributed by atoms with van der Waals surface area (Å²) in [6, 6.07) is 4.19. The van der Waals surface area contributed by atoms with E-state index < -0.39 is 17.8 Å². The maximum Gasteiger partial charge on any atom is 0.355 e. The Hall–Kier alpha value is -2.37. The molecule has 2 aromatic rings. The lowest BCUT2D eigenvalue weighted by Crippen LogP contribution is -2.08. The van der Waals surface area contributed by atoms with E-state index in [0.717, 1.165) is 0 Å². The number of fused-ring (bicyclic) bond motifs is 1. The normalized spacial score (nSPS) is 10.8. The van der Waals surface area contributed by atoms with Crippen LogP contribution in [0.15, 0.2) is 18.2 Å². The van der Waals surface area contributed by atoms with Crippen LogP contribution >= 0.6 is 0 Å². The largest absolute Gasteiger partial charge is 0.481 e. The predicted molar refractivity (Wildman–Crippen MR) is 74.8 cm³/mol. The zero-order valence-corrected chi connectivity index (χ0v) is 11.6. The third-order valence-corrected chi connectivity index (χ3v) is 3.17. The molecule has 0 spiro atoms. The van der Waals surface area contributed by atoms with Crippen molar-refractivity contribution in [2.45, 2.75) is 26.2 Å². The van der Waals surface area contributed by atoms with Crippen LogP contribution < -0.4 is 0 Å². The van der Waals surface area contributed by atoms with Gasteiger partial charge in [-0.2, -0.15) is 0 Å². The molecule has 2 N–H and O–H groups in total. The standard InChI is InChI=1S/C15H16FNO4/c1-2-21-15(20)14-10(4-3-5-13(18)19)11-8-9(16)6-7-12(11)17-14/h6-8,17H,2-5H2,1H3,(H,18,19). The summed E-state index contributed by atoms with van der Waals surface area (Å²) in [6.45, 7) is 1.93. The molecule has 112 valence electrons. The minimum Gasteiger partial charge on any atom is -0.481 e. The van der Waals surface area contributed by atoms with E-state index in [9.17, 15) is 14.0 Å². The SMILES string of the molecule is CCOC(=O)c1[nH]c2ccc(F)cc2c1CCCC(=O)O. The van der Waals surface area contributed by atoms with Gasteiger partial charge in [0.1, 0.15) is 11.5 Å². The highest BCUT2D eigenvalue weighted by Crippen LogP contribution is 2.26. The van der Waals surface area contributed by atoms with E-state index in [-0.39, 0.29) is 18.7 Å². The number of aryl methyl sites for hydroxylation is 1. The summed E-state index contributed by atoms with van der Waals surface area (Å²) in [5.41, 5.74) is 1.50. The van der Waals surface area contributed by atoms with Crippen molar-refractivity contribution in [2.24, 2.45) is 0 Å². The molecule has 0 aliphatic heterocycles. The lowest BCUT2D eigenvalue weighted by Gasteiger charge is -2.04. The van der Waals surface area contributed by atoms with Crippen LogP contribution in [0.25, 0.3) is 10.9 Å². The van der Waals surface area contributed by atoms with Crippen molar-refractivity contribution in [1.82, 2.24) is 4.98 Å². The Balaban J connectivity index is 2.40. The van der Waals surface area contributed by atoms with E-state index in [1.807, 2.05) is 0 Å². The van der Waals surface area contributed by atoms with Crippen LogP contribution in [0, 0.1) is 5.82 Å². The molecule has 0 saturated heterocycles. The lowest BCUT2D eigenvalue weighted by molar-refractivity contribution is -0.137. The van der Waals surface area contributed by atoms with E-state index in [1.54, 1.807) is 13.0 Å². The summed E-state index contributed by atoms with van der Waals surface area (Å²) < 4.78 is 18.4. The van der Waals surface area contributed by atoms with E-state index in [2.05, 4.69) is 4.98 Å². The van der Waals surface area contributed by atoms with Crippen molar-refractivity contribution in [1.29, 1.82) is 0 Å². The highest BCUT2D eigenvalue weighted by Gasteiger charge is 2.19. The molecule has 0 aliphatic carbocycles. The maximum atomic E-state index is 13.4. The fourth-order valence-corrected chi connectivity index (χ4v) is 2.27. The first kappa shape index (κ1) is 15.0. The van der Waals surface area contributed by atoms with Gasteiger partial charge in [-0.05, 0) is 43.5 Å². The monoisotopic (exact) mass is 293 g/mol. The molecule has 0 radical (unpaired) electrons. The number of carboxylic acid groups (broad SMARTS) is 1. The van der Waals surface area contributed by atoms with Gasteiger partial charge in [0.25, 0.3) is 0 Å². The van der Waals surface area contributed by atoms with E-state index >= 15 is 0 Å². The summed E-state index contributed by atoms with van der Waals surface area (Å²) in [5.74, 6) is -1.82. The number of aliphatic carboxylic acids is 1. The summed E-state index contributed by atoms with van der Waals surface area (Å²) in [4.78, 5) is 25.5. The van der Waals surface area contributed by atoms with Gasteiger partial charge in [0.15, 0.2) is 0 Å². The number of hydrogen-bond donors (Lipinski definition) is 2. The zero-order chi connectivity index (χ0) is 15.4. The number of rotatable bonds is 6. The van der Waals surface area contributed by atoms with Crippen LogP contribution in [0.5, 0.6) is 0 Å². The smallest absolute Gasteiger partial charge is 0.355 e. The number of carbonyl (C=O) groups is 2. The summed E-state index contributed by atoms with van der Waals surface area (Å²) in [7, 11) is 0. The first-order valence-corrected chi connectivity index (χ1v) is 6.72. The van der Waals surface area contributed by atoms with Crippen molar-refractivity contribution in [3.63, 3.8) is 0 Å². The van der Waals surface area contributed by atoms with Crippen molar-refractivity contribution < 1.29 is 23.8 Å². The predicted octanol–water partition coefficient (Wildman–Crippen LogP) is 2.89. The van der Waals surface area contributed by atoms with Crippen molar-refractivity contribution in [3.8, 4) is 0 Å². The van der Waals surface area contributed by atoms with Crippen LogP contribution in [0.4, 0.5) is 4.39 Å². The molecule has 5 nitrogen and oxygen atoms in total. The van der Waals surface area contributed by atoms with Crippen molar-refractivity contribution in [2.75, 3.05) is 6.61 Å². The highest BCUT2D eigenvalue weighted by molar-refractivity contribution is 5.98. The zero-order valence-electron chi connectivity index (χ0n) is 11.6. The molecule has 2 rings (SSSR count). The van der Waals surface area contributed by atoms with Gasteiger partial charge in [-0.25, -0.2) is 9.18 Å². The Morgan fingerprint density at radius 3 is 2.81 bits per heavy atom. The number of ether oxygens (including phenoxy) is 1. The summed E-state index contributed by atoms with van der Waals surface area (Å²) >= 11 is 0. The summed E-state index contributed by atoms with van der Waals surface area (Å²) in [6.07, 6.45) is 0.722. The lowest BCUT2D eigenvalue weighted by atomic mass is 10.0. The number of carbonyl (C=O) groups excluding carboxylic acids is 1. The fourth-order valence-electron chi connectivity index (χ4n) is 2.27. The molecule has 0 saturated carbocycles. The molecule has 0 fully saturated rings. The molecule has 1 aromatic carbocycles. The van der Waals surface area contributed by atoms with Gasteiger partial charge in [-0.1, -0.05) is 0 Å². The van der Waals surface area contributed by atoms with Gasteiger partial charge in [0, 0.05) is 17.3 Å². The number of carboxylic acids is 1. The number of nitrogens with one attached hydrogen (secondary N) is 1. The Bertz CT molecular complexity index is 678. The highest BCUT2D eigenvalue weighted by atomic mass is 19.1. The molecule has 1 heterocycles. The summed E-state index contributed by atoms with van der Waals surface area (Å²) in [5, 5.41) is 9.29. The molecule has 0 unspecified atom stereocenters. The molecule has 0 amide bonds. The van der Waals surface area contributed by atoms with Gasteiger partial charge >= 0.3 is 11.9 Å². The van der Waals surface area contributed by atoms with Crippen LogP contribution in [-0.4, -0.2) is 28.6 Å². The molecule has 0 atom stereocenters. The third kappa shape index (κ3) is 3.39.